The predicted octanol–water partition coefficient (Wildman–Crippen LogP) is 3.50. The van der Waals surface area contributed by atoms with Gasteiger partial charge in [0.25, 0.3) is 16.0 Å². The second kappa shape index (κ2) is 6.55. The maximum absolute atomic E-state index is 12.6. The average Bonchev–Trinajstić information content (AvgIpc) is 2.84. The van der Waals surface area contributed by atoms with Crippen molar-refractivity contribution < 1.29 is 17.8 Å². The van der Waals surface area contributed by atoms with Gasteiger partial charge in [-0.05, 0) is 55.0 Å². The van der Waals surface area contributed by atoms with Gasteiger partial charge in [0.1, 0.15) is 0 Å². The van der Waals surface area contributed by atoms with Crippen molar-refractivity contribution in [2.75, 3.05) is 5.01 Å². The number of rotatable bonds is 3. The molecule has 0 saturated carbocycles. The molecule has 0 bridgehead atoms. The highest BCUT2D eigenvalue weighted by atomic mass is 79.9. The minimum atomic E-state index is -4.28. The lowest BCUT2D eigenvalue weighted by molar-refractivity contribution is -0.114. The highest BCUT2D eigenvalue weighted by molar-refractivity contribution is 9.10. The van der Waals surface area contributed by atoms with Gasteiger partial charge in [0.15, 0.2) is 0 Å². The standard InChI is InChI=1S/C17H13BrN2O4S/c1-11-16(10-12-2-4-13(18)5-3-12)17(21)20(19-11)14-6-8-15(9-7-14)25(22,23)24/h2-10H,1H3,(H,22,23,24)/b16-10-. The maximum Gasteiger partial charge on any atom is 0.294 e. The van der Waals surface area contributed by atoms with Crippen LogP contribution in [0.15, 0.2) is 68.6 Å². The Bertz CT molecular complexity index is 994. The molecule has 2 aromatic rings. The molecule has 0 atom stereocenters. The lowest BCUT2D eigenvalue weighted by Gasteiger charge is -2.12. The second-order valence-electron chi connectivity index (χ2n) is 5.38. The fourth-order valence-electron chi connectivity index (χ4n) is 2.34. The van der Waals surface area contributed by atoms with Gasteiger partial charge in [-0.2, -0.15) is 18.5 Å². The molecule has 0 saturated heterocycles. The first kappa shape index (κ1) is 17.5. The predicted molar refractivity (Wildman–Crippen MR) is 99.0 cm³/mol. The van der Waals surface area contributed by atoms with Crippen molar-refractivity contribution in [2.45, 2.75) is 11.8 Å². The van der Waals surface area contributed by atoms with Crippen LogP contribution in [0.5, 0.6) is 0 Å². The van der Waals surface area contributed by atoms with Crippen molar-refractivity contribution in [2.24, 2.45) is 5.10 Å². The lowest BCUT2D eigenvalue weighted by atomic mass is 10.1. The molecule has 128 valence electrons. The van der Waals surface area contributed by atoms with Gasteiger partial charge in [-0.15, -0.1) is 0 Å². The number of hydrogen-bond acceptors (Lipinski definition) is 4. The summed E-state index contributed by atoms with van der Waals surface area (Å²) in [6.07, 6.45) is 1.75. The van der Waals surface area contributed by atoms with Crippen LogP contribution in [0.25, 0.3) is 6.08 Å². The van der Waals surface area contributed by atoms with Gasteiger partial charge in [-0.25, -0.2) is 0 Å². The van der Waals surface area contributed by atoms with E-state index in [9.17, 15) is 13.2 Å². The highest BCUT2D eigenvalue weighted by Crippen LogP contribution is 2.26. The number of nitrogens with zero attached hydrogens (tertiary/aromatic N) is 2. The fourth-order valence-corrected chi connectivity index (χ4v) is 3.09. The van der Waals surface area contributed by atoms with Crippen molar-refractivity contribution in [3.63, 3.8) is 0 Å². The van der Waals surface area contributed by atoms with Crippen molar-refractivity contribution >= 4 is 49.4 Å². The Morgan fingerprint density at radius 3 is 2.24 bits per heavy atom. The third kappa shape index (κ3) is 3.71. The number of carbonyl (C=O) groups is 1. The van der Waals surface area contributed by atoms with Gasteiger partial charge in [0.2, 0.25) is 0 Å². The average molecular weight is 421 g/mol. The molecule has 1 N–H and O–H groups in total. The zero-order chi connectivity index (χ0) is 18.2. The van der Waals surface area contributed by atoms with E-state index in [0.29, 0.717) is 17.0 Å². The molecule has 3 rings (SSSR count). The van der Waals surface area contributed by atoms with Gasteiger partial charge >= 0.3 is 0 Å². The minimum absolute atomic E-state index is 0.241. The third-order valence-corrected chi connectivity index (χ3v) is 5.02. The third-order valence-electron chi connectivity index (χ3n) is 3.62. The lowest BCUT2D eigenvalue weighted by Crippen LogP contribution is -2.21. The topological polar surface area (TPSA) is 87.0 Å². The number of benzene rings is 2. The summed E-state index contributed by atoms with van der Waals surface area (Å²) in [6.45, 7) is 1.73. The van der Waals surface area contributed by atoms with Gasteiger partial charge in [0.05, 0.1) is 21.9 Å². The van der Waals surface area contributed by atoms with E-state index >= 15 is 0 Å². The Morgan fingerprint density at radius 1 is 1.08 bits per heavy atom. The van der Waals surface area contributed by atoms with E-state index in [0.717, 1.165) is 10.0 Å². The first-order chi connectivity index (χ1) is 11.8. The molecule has 25 heavy (non-hydrogen) atoms. The molecule has 0 fully saturated rings. The normalized spacial score (nSPS) is 16.4. The maximum atomic E-state index is 12.6. The summed E-state index contributed by atoms with van der Waals surface area (Å²) in [5.41, 5.74) is 2.30. The number of carbonyl (C=O) groups excluding carboxylic acids is 1. The number of hydrogen-bond donors (Lipinski definition) is 1. The van der Waals surface area contributed by atoms with Crippen LogP contribution in [0.4, 0.5) is 5.69 Å². The molecule has 6 nitrogen and oxygen atoms in total. The highest BCUT2D eigenvalue weighted by Gasteiger charge is 2.28. The molecule has 1 amide bonds. The zero-order valence-corrected chi connectivity index (χ0v) is 15.5. The van der Waals surface area contributed by atoms with Gasteiger partial charge < -0.3 is 0 Å². The molecule has 1 aliphatic rings. The Balaban J connectivity index is 1.91. The van der Waals surface area contributed by atoms with Crippen molar-refractivity contribution in [1.29, 1.82) is 0 Å². The summed E-state index contributed by atoms with van der Waals surface area (Å²) in [4.78, 5) is 12.4. The molecule has 1 aliphatic heterocycles. The van der Waals surface area contributed by atoms with Crippen LogP contribution in [-0.4, -0.2) is 24.6 Å². The van der Waals surface area contributed by atoms with E-state index in [1.165, 1.54) is 29.3 Å². The van der Waals surface area contributed by atoms with Gasteiger partial charge in [-0.1, -0.05) is 28.1 Å². The summed E-state index contributed by atoms with van der Waals surface area (Å²) < 4.78 is 32.2. The molecule has 0 aromatic heterocycles. The minimum Gasteiger partial charge on any atom is -0.282 e. The van der Waals surface area contributed by atoms with Crippen LogP contribution in [0.2, 0.25) is 0 Å². The van der Waals surface area contributed by atoms with Crippen LogP contribution in [0.3, 0.4) is 0 Å². The number of halogens is 1. The van der Waals surface area contributed by atoms with Crippen molar-refractivity contribution in [1.82, 2.24) is 0 Å². The summed E-state index contributed by atoms with van der Waals surface area (Å²) in [6, 6.07) is 12.8. The Morgan fingerprint density at radius 2 is 1.68 bits per heavy atom. The molecular formula is C17H13BrN2O4S. The quantitative estimate of drug-likeness (QED) is 0.607. The summed E-state index contributed by atoms with van der Waals surface area (Å²) in [5.74, 6) is -0.306. The Kier molecular flexibility index (Phi) is 4.59. The summed E-state index contributed by atoms with van der Waals surface area (Å²) >= 11 is 3.36. The van der Waals surface area contributed by atoms with Crippen molar-refractivity contribution in [3.8, 4) is 0 Å². The van der Waals surface area contributed by atoms with E-state index < -0.39 is 10.1 Å². The van der Waals surface area contributed by atoms with Crippen molar-refractivity contribution in [3.05, 3.63) is 64.1 Å². The van der Waals surface area contributed by atoms with E-state index in [4.69, 9.17) is 4.55 Å². The van der Waals surface area contributed by atoms with E-state index in [1.54, 1.807) is 13.0 Å². The van der Waals surface area contributed by atoms with Crippen LogP contribution >= 0.6 is 15.9 Å². The molecule has 2 aromatic carbocycles. The van der Waals surface area contributed by atoms with Crippen LogP contribution in [0, 0.1) is 0 Å². The summed E-state index contributed by atoms with van der Waals surface area (Å²) in [7, 11) is -4.28. The molecule has 0 radical (unpaired) electrons. The van der Waals surface area contributed by atoms with Crippen LogP contribution in [0.1, 0.15) is 12.5 Å². The van der Waals surface area contributed by atoms with E-state index in [2.05, 4.69) is 21.0 Å². The van der Waals surface area contributed by atoms with E-state index in [1.807, 2.05) is 24.3 Å². The number of hydrazone groups is 1. The Labute approximate surface area is 153 Å². The first-order valence-corrected chi connectivity index (χ1v) is 9.44. The summed E-state index contributed by atoms with van der Waals surface area (Å²) in [5, 5.41) is 5.44. The van der Waals surface area contributed by atoms with Gasteiger partial charge in [-0.3, -0.25) is 9.35 Å². The molecule has 1 heterocycles. The largest absolute Gasteiger partial charge is 0.294 e. The van der Waals surface area contributed by atoms with Crippen LogP contribution < -0.4 is 5.01 Å². The smallest absolute Gasteiger partial charge is 0.282 e. The molecule has 0 unspecified atom stereocenters. The van der Waals surface area contributed by atoms with E-state index in [-0.39, 0.29) is 10.8 Å². The van der Waals surface area contributed by atoms with Crippen LogP contribution in [-0.2, 0) is 14.9 Å². The molecule has 8 heteroatoms. The number of amides is 1. The SMILES string of the molecule is CC1=NN(c2ccc(S(=O)(=O)O)cc2)C(=O)/C1=C\c1ccc(Br)cc1. The first-order valence-electron chi connectivity index (χ1n) is 7.20. The monoisotopic (exact) mass is 420 g/mol. The fraction of sp³-hybridized carbons (Fsp3) is 0.0588. The molecular weight excluding hydrogens is 408 g/mol. The number of anilines is 1. The van der Waals surface area contributed by atoms with Gasteiger partial charge in [0, 0.05) is 4.47 Å². The molecule has 0 spiro atoms. The zero-order valence-electron chi connectivity index (χ0n) is 13.0. The molecule has 0 aliphatic carbocycles. The second-order valence-corrected chi connectivity index (χ2v) is 7.72. The Hall–Kier alpha value is -2.29.